The molecule has 0 aromatic carbocycles. The van der Waals surface area contributed by atoms with Crippen molar-refractivity contribution in [3.8, 4) is 0 Å². The molecule has 0 saturated carbocycles. The predicted molar refractivity (Wildman–Crippen MR) is 98.4 cm³/mol. The van der Waals surface area contributed by atoms with Crippen LogP contribution in [-0.2, 0) is 13.6 Å². The van der Waals surface area contributed by atoms with Gasteiger partial charge < -0.3 is 15.5 Å². The molecule has 1 saturated heterocycles. The minimum absolute atomic E-state index is 0.414. The Morgan fingerprint density at radius 3 is 2.76 bits per heavy atom. The molecule has 0 atom stereocenters. The average Bonchev–Trinajstić information content (AvgIpc) is 3.06. The molecule has 1 fully saturated rings. The first-order chi connectivity index (χ1) is 12.3. The fourth-order valence-electron chi connectivity index (χ4n) is 2.92. The summed E-state index contributed by atoms with van der Waals surface area (Å²) >= 11 is 0. The van der Waals surface area contributed by atoms with Crippen LogP contribution in [0.2, 0.25) is 0 Å². The lowest BCUT2D eigenvalue weighted by molar-refractivity contribution is 0.459. The number of aryl methyl sites for hydroxylation is 1. The fourth-order valence-corrected chi connectivity index (χ4v) is 2.92. The highest BCUT2D eigenvalue weighted by atomic mass is 15.3. The molecule has 2 N–H and O–H groups in total. The number of hydrogen-bond acceptors (Lipinski definition) is 5. The van der Waals surface area contributed by atoms with Gasteiger partial charge in [-0.1, -0.05) is 6.07 Å². The van der Waals surface area contributed by atoms with Gasteiger partial charge in [0.05, 0.1) is 0 Å². The van der Waals surface area contributed by atoms with Crippen LogP contribution in [0, 0.1) is 0 Å². The number of nitrogens with one attached hydrogen (secondary N) is 2. The zero-order valence-electron chi connectivity index (χ0n) is 14.9. The van der Waals surface area contributed by atoms with Crippen molar-refractivity contribution in [2.45, 2.75) is 32.4 Å². The second kappa shape index (κ2) is 8.46. The third-order valence-electron chi connectivity index (χ3n) is 4.34. The van der Waals surface area contributed by atoms with Gasteiger partial charge in [-0.15, -0.1) is 0 Å². The second-order valence-electron chi connectivity index (χ2n) is 6.09. The summed E-state index contributed by atoms with van der Waals surface area (Å²) in [5, 5.41) is 10.9. The Hall–Kier alpha value is -2.64. The summed E-state index contributed by atoms with van der Waals surface area (Å²) in [7, 11) is 1.88. The van der Waals surface area contributed by atoms with E-state index in [0.717, 1.165) is 50.1 Å². The monoisotopic (exact) mass is 342 g/mol. The number of guanidine groups is 1. The maximum absolute atomic E-state index is 4.63. The highest BCUT2D eigenvalue weighted by Crippen LogP contribution is 2.17. The Bertz CT molecular complexity index is 673. The number of aliphatic imine (C=N–C) groups is 1. The third-order valence-corrected chi connectivity index (χ3v) is 4.34. The van der Waals surface area contributed by atoms with Crippen molar-refractivity contribution in [3.63, 3.8) is 0 Å². The van der Waals surface area contributed by atoms with Crippen LogP contribution in [0.15, 0.2) is 35.7 Å². The van der Waals surface area contributed by atoms with Crippen LogP contribution in [0.25, 0.3) is 0 Å². The molecule has 8 nitrogen and oxygen atoms in total. The van der Waals surface area contributed by atoms with Gasteiger partial charge in [0.25, 0.3) is 0 Å². The lowest BCUT2D eigenvalue weighted by Crippen LogP contribution is -2.48. The van der Waals surface area contributed by atoms with Gasteiger partial charge in [0.1, 0.15) is 24.5 Å². The first kappa shape index (κ1) is 17.2. The number of piperidine rings is 1. The SMILES string of the molecule is CCNC(=NCc1ncnn1C)NC1CCN(c2ccccn2)CC1. The van der Waals surface area contributed by atoms with Crippen LogP contribution in [-0.4, -0.2) is 51.4 Å². The molecule has 3 rings (SSSR count). The summed E-state index contributed by atoms with van der Waals surface area (Å²) < 4.78 is 1.75. The van der Waals surface area contributed by atoms with Crippen molar-refractivity contribution in [1.82, 2.24) is 30.4 Å². The first-order valence-electron chi connectivity index (χ1n) is 8.80. The van der Waals surface area contributed by atoms with Gasteiger partial charge in [0, 0.05) is 38.9 Å². The molecule has 3 heterocycles. The van der Waals surface area contributed by atoms with Gasteiger partial charge in [0.2, 0.25) is 0 Å². The summed E-state index contributed by atoms with van der Waals surface area (Å²) in [5.74, 6) is 2.74. The molecule has 134 valence electrons. The maximum Gasteiger partial charge on any atom is 0.191 e. The molecule has 1 aliphatic rings. The minimum atomic E-state index is 0.414. The van der Waals surface area contributed by atoms with E-state index in [-0.39, 0.29) is 0 Å². The lowest BCUT2D eigenvalue weighted by Gasteiger charge is -2.33. The quantitative estimate of drug-likeness (QED) is 0.621. The average molecular weight is 342 g/mol. The Morgan fingerprint density at radius 2 is 2.12 bits per heavy atom. The van der Waals surface area contributed by atoms with Crippen LogP contribution < -0.4 is 15.5 Å². The zero-order valence-corrected chi connectivity index (χ0v) is 14.9. The van der Waals surface area contributed by atoms with E-state index in [1.807, 2.05) is 25.4 Å². The molecule has 2 aromatic rings. The third kappa shape index (κ3) is 4.68. The van der Waals surface area contributed by atoms with Crippen LogP contribution in [0.3, 0.4) is 0 Å². The lowest BCUT2D eigenvalue weighted by atomic mass is 10.1. The van der Waals surface area contributed by atoms with E-state index >= 15 is 0 Å². The molecule has 0 bridgehead atoms. The van der Waals surface area contributed by atoms with E-state index < -0.39 is 0 Å². The molecular formula is C17H26N8. The van der Waals surface area contributed by atoms with Crippen LogP contribution >= 0.6 is 0 Å². The normalized spacial score (nSPS) is 16.1. The van der Waals surface area contributed by atoms with Gasteiger partial charge in [-0.2, -0.15) is 5.10 Å². The summed E-state index contributed by atoms with van der Waals surface area (Å²) in [6.45, 7) is 5.41. The molecule has 0 spiro atoms. The molecule has 1 aliphatic heterocycles. The topological polar surface area (TPSA) is 83.3 Å². The molecule has 0 radical (unpaired) electrons. The van der Waals surface area contributed by atoms with Gasteiger partial charge in [-0.05, 0) is 31.9 Å². The van der Waals surface area contributed by atoms with Crippen molar-refractivity contribution in [2.24, 2.45) is 12.0 Å². The molecule has 8 heteroatoms. The Labute approximate surface area is 148 Å². The zero-order chi connectivity index (χ0) is 17.5. The molecule has 0 aliphatic carbocycles. The number of nitrogens with zero attached hydrogens (tertiary/aromatic N) is 6. The van der Waals surface area contributed by atoms with Gasteiger partial charge >= 0.3 is 0 Å². The van der Waals surface area contributed by atoms with E-state index in [4.69, 9.17) is 0 Å². The number of hydrogen-bond donors (Lipinski definition) is 2. The van der Waals surface area contributed by atoms with E-state index in [9.17, 15) is 0 Å². The molecule has 0 amide bonds. The van der Waals surface area contributed by atoms with E-state index in [2.05, 4.69) is 48.6 Å². The van der Waals surface area contributed by atoms with Crippen molar-refractivity contribution < 1.29 is 0 Å². The Kier molecular flexibility index (Phi) is 5.81. The fraction of sp³-hybridized carbons (Fsp3) is 0.529. The highest BCUT2D eigenvalue weighted by molar-refractivity contribution is 5.80. The van der Waals surface area contributed by atoms with Gasteiger partial charge in [-0.3, -0.25) is 4.68 Å². The smallest absolute Gasteiger partial charge is 0.191 e. The number of anilines is 1. The molecule has 0 unspecified atom stereocenters. The van der Waals surface area contributed by atoms with Crippen molar-refractivity contribution in [2.75, 3.05) is 24.5 Å². The number of rotatable bonds is 5. The van der Waals surface area contributed by atoms with Crippen LogP contribution in [0.4, 0.5) is 5.82 Å². The largest absolute Gasteiger partial charge is 0.357 e. The summed E-state index contributed by atoms with van der Waals surface area (Å²) in [6.07, 6.45) is 5.52. The molecular weight excluding hydrogens is 316 g/mol. The van der Waals surface area contributed by atoms with Crippen LogP contribution in [0.1, 0.15) is 25.6 Å². The van der Waals surface area contributed by atoms with Gasteiger partial charge in [0.15, 0.2) is 5.96 Å². The summed E-state index contributed by atoms with van der Waals surface area (Å²) in [6, 6.07) is 6.47. The summed E-state index contributed by atoms with van der Waals surface area (Å²) in [4.78, 5) is 15.6. The summed E-state index contributed by atoms with van der Waals surface area (Å²) in [5.41, 5.74) is 0. The standard InChI is InChI=1S/C17H26N8/c1-3-18-17(20-12-16-21-13-22-24(16)2)23-14-7-10-25(11-8-14)15-6-4-5-9-19-15/h4-6,9,13-14H,3,7-8,10-12H2,1-2H3,(H2,18,20,23). The predicted octanol–water partition coefficient (Wildman–Crippen LogP) is 0.934. The maximum atomic E-state index is 4.63. The van der Waals surface area contributed by atoms with Crippen molar-refractivity contribution >= 4 is 11.8 Å². The molecule has 25 heavy (non-hydrogen) atoms. The number of aromatic nitrogens is 4. The minimum Gasteiger partial charge on any atom is -0.357 e. The van der Waals surface area contributed by atoms with E-state index in [1.54, 1.807) is 11.0 Å². The van der Waals surface area contributed by atoms with Crippen molar-refractivity contribution in [3.05, 3.63) is 36.5 Å². The van der Waals surface area contributed by atoms with Crippen LogP contribution in [0.5, 0.6) is 0 Å². The number of pyridine rings is 1. The van der Waals surface area contributed by atoms with E-state index in [0.29, 0.717) is 12.6 Å². The Morgan fingerprint density at radius 1 is 1.28 bits per heavy atom. The first-order valence-corrected chi connectivity index (χ1v) is 8.80. The molecule has 2 aromatic heterocycles. The second-order valence-corrected chi connectivity index (χ2v) is 6.09. The highest BCUT2D eigenvalue weighted by Gasteiger charge is 2.20. The Balaban J connectivity index is 1.54. The van der Waals surface area contributed by atoms with Gasteiger partial charge in [-0.25, -0.2) is 15.0 Å². The van der Waals surface area contributed by atoms with E-state index in [1.165, 1.54) is 0 Å². The van der Waals surface area contributed by atoms with Crippen molar-refractivity contribution in [1.29, 1.82) is 0 Å².